The number of unbranched alkanes of at least 4 members (excludes halogenated alkanes) is 2. The Labute approximate surface area is 97.5 Å². The van der Waals surface area contributed by atoms with Crippen molar-refractivity contribution in [1.82, 2.24) is 0 Å². The zero-order chi connectivity index (χ0) is 11.7. The van der Waals surface area contributed by atoms with Gasteiger partial charge in [-0.2, -0.15) is 0 Å². The summed E-state index contributed by atoms with van der Waals surface area (Å²) in [6.07, 6.45) is 4.08. The molecule has 0 fully saturated rings. The Bertz CT molecular complexity index is 292. The normalized spacial score (nSPS) is 9.07. The maximum Gasteiger partial charge on any atom is 0.161 e. The molecule has 0 bridgehead atoms. The summed E-state index contributed by atoms with van der Waals surface area (Å²) in [7, 11) is 0. The van der Waals surface area contributed by atoms with E-state index in [1.54, 1.807) is 24.3 Å². The van der Waals surface area contributed by atoms with Crippen molar-refractivity contribution in [3.8, 4) is 0 Å². The van der Waals surface area contributed by atoms with Crippen LogP contribution in [-0.4, -0.2) is 5.78 Å². The van der Waals surface area contributed by atoms with Crippen LogP contribution in [0, 0.1) is 0 Å². The highest BCUT2D eigenvalue weighted by Crippen LogP contribution is 2.14. The Morgan fingerprint density at radius 2 is 1.73 bits per heavy atom. The maximum absolute atomic E-state index is 10.8. The van der Waals surface area contributed by atoms with Crippen molar-refractivity contribution in [3.05, 3.63) is 34.9 Å². The highest BCUT2D eigenvalue weighted by atomic mass is 35.5. The zero-order valence-corrected chi connectivity index (χ0v) is 10.5. The molecule has 0 atom stereocenters. The van der Waals surface area contributed by atoms with E-state index in [1.165, 1.54) is 26.2 Å². The topological polar surface area (TPSA) is 17.1 Å². The van der Waals surface area contributed by atoms with E-state index in [1.807, 2.05) is 0 Å². The Balaban J connectivity index is 0.000000336. The average molecular weight is 227 g/mol. The van der Waals surface area contributed by atoms with E-state index in [0.29, 0.717) is 10.6 Å². The lowest BCUT2D eigenvalue weighted by Crippen LogP contribution is -1.91. The standard InChI is InChI=1S/C8H7ClO.C5H12/c1-6(10)7-4-2-3-5-8(7)9;1-3-5-4-2/h2-5H,1H3;3-5H2,1-2H3. The van der Waals surface area contributed by atoms with Gasteiger partial charge in [-0.15, -0.1) is 0 Å². The lowest BCUT2D eigenvalue weighted by molar-refractivity contribution is 0.101. The SMILES string of the molecule is CC(=O)c1ccccc1Cl.CCCCC. The number of benzene rings is 1. The number of ketones is 1. The van der Waals surface area contributed by atoms with Gasteiger partial charge in [0.05, 0.1) is 5.02 Å². The second-order valence-electron chi connectivity index (χ2n) is 3.39. The molecule has 1 rings (SSSR count). The molecule has 1 aromatic rings. The molecule has 0 unspecified atom stereocenters. The van der Waals surface area contributed by atoms with Gasteiger partial charge in [-0.1, -0.05) is 56.8 Å². The molecule has 1 nitrogen and oxygen atoms in total. The smallest absolute Gasteiger partial charge is 0.161 e. The van der Waals surface area contributed by atoms with E-state index in [4.69, 9.17) is 11.6 Å². The fourth-order valence-corrected chi connectivity index (χ4v) is 1.37. The maximum atomic E-state index is 10.8. The van der Waals surface area contributed by atoms with Crippen LogP contribution < -0.4 is 0 Å². The Morgan fingerprint density at radius 3 is 2.00 bits per heavy atom. The Hall–Kier alpha value is -0.820. The molecule has 0 N–H and O–H groups in total. The van der Waals surface area contributed by atoms with Crippen LogP contribution in [0.2, 0.25) is 5.02 Å². The lowest BCUT2D eigenvalue weighted by Gasteiger charge is -1.95. The van der Waals surface area contributed by atoms with E-state index in [-0.39, 0.29) is 5.78 Å². The molecule has 84 valence electrons. The summed E-state index contributed by atoms with van der Waals surface area (Å²) in [6.45, 7) is 5.92. The van der Waals surface area contributed by atoms with Crippen molar-refractivity contribution < 1.29 is 4.79 Å². The quantitative estimate of drug-likeness (QED) is 0.681. The van der Waals surface area contributed by atoms with Crippen LogP contribution in [0.15, 0.2) is 24.3 Å². The average Bonchev–Trinajstić information content (AvgIpc) is 2.20. The van der Waals surface area contributed by atoms with E-state index in [2.05, 4.69) is 13.8 Å². The van der Waals surface area contributed by atoms with Crippen molar-refractivity contribution in [3.63, 3.8) is 0 Å². The predicted molar refractivity (Wildman–Crippen MR) is 66.7 cm³/mol. The molecule has 0 aliphatic carbocycles. The van der Waals surface area contributed by atoms with Crippen molar-refractivity contribution in [1.29, 1.82) is 0 Å². The van der Waals surface area contributed by atoms with Gasteiger partial charge in [0.2, 0.25) is 0 Å². The number of rotatable bonds is 3. The van der Waals surface area contributed by atoms with Gasteiger partial charge in [0, 0.05) is 5.56 Å². The molecule has 0 amide bonds. The monoisotopic (exact) mass is 226 g/mol. The summed E-state index contributed by atoms with van der Waals surface area (Å²) in [4.78, 5) is 10.8. The van der Waals surface area contributed by atoms with Crippen molar-refractivity contribution >= 4 is 17.4 Å². The summed E-state index contributed by atoms with van der Waals surface area (Å²) >= 11 is 5.70. The molecule has 0 aliphatic rings. The van der Waals surface area contributed by atoms with Crippen LogP contribution >= 0.6 is 11.6 Å². The van der Waals surface area contributed by atoms with Crippen LogP contribution in [0.1, 0.15) is 50.4 Å². The third-order valence-corrected chi connectivity index (χ3v) is 2.29. The molecule has 0 saturated carbocycles. The predicted octanol–water partition coefficient (Wildman–Crippen LogP) is 4.74. The van der Waals surface area contributed by atoms with Gasteiger partial charge >= 0.3 is 0 Å². The van der Waals surface area contributed by atoms with Gasteiger partial charge < -0.3 is 0 Å². The van der Waals surface area contributed by atoms with Gasteiger partial charge in [-0.3, -0.25) is 4.79 Å². The van der Waals surface area contributed by atoms with Crippen molar-refractivity contribution in [2.24, 2.45) is 0 Å². The molecule has 0 spiro atoms. The molecule has 15 heavy (non-hydrogen) atoms. The third kappa shape index (κ3) is 6.29. The number of Topliss-reactive ketones (excluding diaryl/α,β-unsaturated/α-hetero) is 1. The molecule has 0 radical (unpaired) electrons. The Kier molecular flexibility index (Phi) is 8.02. The van der Waals surface area contributed by atoms with Crippen LogP contribution in [0.5, 0.6) is 0 Å². The van der Waals surface area contributed by atoms with Crippen LogP contribution in [-0.2, 0) is 0 Å². The second kappa shape index (κ2) is 8.49. The van der Waals surface area contributed by atoms with Gasteiger partial charge in [0.1, 0.15) is 0 Å². The molecular weight excluding hydrogens is 208 g/mol. The first kappa shape index (κ1) is 14.2. The lowest BCUT2D eigenvalue weighted by atomic mass is 10.1. The minimum atomic E-state index is 0.00519. The first-order valence-electron chi connectivity index (χ1n) is 5.38. The third-order valence-electron chi connectivity index (χ3n) is 1.96. The fraction of sp³-hybridized carbons (Fsp3) is 0.462. The number of hydrogen-bond acceptors (Lipinski definition) is 1. The largest absolute Gasteiger partial charge is 0.294 e. The zero-order valence-electron chi connectivity index (χ0n) is 9.72. The van der Waals surface area contributed by atoms with Gasteiger partial charge in [0.25, 0.3) is 0 Å². The van der Waals surface area contributed by atoms with Gasteiger partial charge in [-0.05, 0) is 19.1 Å². The van der Waals surface area contributed by atoms with Crippen LogP contribution in [0.4, 0.5) is 0 Å². The minimum absolute atomic E-state index is 0.00519. The summed E-state index contributed by atoms with van der Waals surface area (Å²) in [5.74, 6) is 0.00519. The number of carbonyl (C=O) groups excluding carboxylic acids is 1. The minimum Gasteiger partial charge on any atom is -0.294 e. The number of carbonyl (C=O) groups is 1. The van der Waals surface area contributed by atoms with E-state index in [9.17, 15) is 4.79 Å². The fourth-order valence-electron chi connectivity index (χ4n) is 1.10. The summed E-state index contributed by atoms with van der Waals surface area (Å²) in [5, 5.41) is 0.523. The summed E-state index contributed by atoms with van der Waals surface area (Å²) < 4.78 is 0. The van der Waals surface area contributed by atoms with E-state index in [0.717, 1.165) is 0 Å². The second-order valence-corrected chi connectivity index (χ2v) is 3.80. The highest BCUT2D eigenvalue weighted by molar-refractivity contribution is 6.33. The van der Waals surface area contributed by atoms with Gasteiger partial charge in [0.15, 0.2) is 5.78 Å². The summed E-state index contributed by atoms with van der Waals surface area (Å²) in [6, 6.07) is 7.01. The van der Waals surface area contributed by atoms with Crippen LogP contribution in [0.25, 0.3) is 0 Å². The molecule has 0 aliphatic heterocycles. The van der Waals surface area contributed by atoms with Crippen molar-refractivity contribution in [2.45, 2.75) is 40.0 Å². The molecule has 0 aromatic heterocycles. The first-order chi connectivity index (χ1) is 7.13. The van der Waals surface area contributed by atoms with Crippen molar-refractivity contribution in [2.75, 3.05) is 0 Å². The van der Waals surface area contributed by atoms with Crippen LogP contribution in [0.3, 0.4) is 0 Å². The first-order valence-corrected chi connectivity index (χ1v) is 5.76. The number of hydrogen-bond donors (Lipinski definition) is 0. The number of halogens is 1. The molecule has 2 heteroatoms. The molecule has 0 heterocycles. The van der Waals surface area contributed by atoms with Gasteiger partial charge in [-0.25, -0.2) is 0 Å². The van der Waals surface area contributed by atoms with E-state index < -0.39 is 0 Å². The Morgan fingerprint density at radius 1 is 1.20 bits per heavy atom. The molecule has 0 saturated heterocycles. The van der Waals surface area contributed by atoms with E-state index >= 15 is 0 Å². The summed E-state index contributed by atoms with van der Waals surface area (Å²) in [5.41, 5.74) is 0.587. The molecule has 1 aromatic carbocycles. The highest BCUT2D eigenvalue weighted by Gasteiger charge is 2.01. The molecular formula is C13H19ClO.